The van der Waals surface area contributed by atoms with E-state index in [2.05, 4.69) is 10.3 Å². The Morgan fingerprint density at radius 1 is 1.47 bits per heavy atom. The summed E-state index contributed by atoms with van der Waals surface area (Å²) in [5.41, 5.74) is 0.151. The molecule has 0 saturated carbocycles. The predicted octanol–water partition coefficient (Wildman–Crippen LogP) is 0.225. The maximum atomic E-state index is 12.7. The molecule has 1 heterocycles. The van der Waals surface area contributed by atoms with Gasteiger partial charge in [0.1, 0.15) is 6.10 Å². The van der Waals surface area contributed by atoms with Crippen LogP contribution in [0.5, 0.6) is 0 Å². The van der Waals surface area contributed by atoms with Crippen LogP contribution in [-0.2, 0) is 0 Å². The molecule has 0 aliphatic carbocycles. The third kappa shape index (κ3) is 3.54. The van der Waals surface area contributed by atoms with Gasteiger partial charge >= 0.3 is 0 Å². The molecule has 0 fully saturated rings. The second kappa shape index (κ2) is 5.75. The fourth-order valence-electron chi connectivity index (χ4n) is 1.24. The van der Waals surface area contributed by atoms with Crippen LogP contribution in [0, 0.1) is 5.95 Å². The van der Waals surface area contributed by atoms with Crippen LogP contribution in [0.25, 0.3) is 0 Å². The third-order valence-corrected chi connectivity index (χ3v) is 2.09. The number of aromatic nitrogens is 1. The van der Waals surface area contributed by atoms with Gasteiger partial charge in [0.2, 0.25) is 5.95 Å². The van der Waals surface area contributed by atoms with Crippen molar-refractivity contribution in [2.45, 2.75) is 18.6 Å². The van der Waals surface area contributed by atoms with Gasteiger partial charge in [-0.2, -0.15) is 4.39 Å². The van der Waals surface area contributed by atoms with Crippen molar-refractivity contribution in [3.8, 4) is 0 Å². The molecule has 2 atom stereocenters. The Morgan fingerprint density at radius 3 is 2.80 bits per heavy atom. The summed E-state index contributed by atoms with van der Waals surface area (Å²) in [5.74, 6) is -0.660. The third-order valence-electron chi connectivity index (χ3n) is 2.09. The van der Waals surface area contributed by atoms with Crippen LogP contribution in [0.3, 0.4) is 0 Å². The molecular formula is C10H15FN2O2. The number of nitrogens with one attached hydrogen (secondary N) is 1. The normalized spacial score (nSPS) is 14.9. The molecule has 1 aromatic rings. The summed E-state index contributed by atoms with van der Waals surface area (Å²) in [6.07, 6.45) is -1.70. The molecule has 0 aliphatic rings. The molecule has 84 valence electrons. The van der Waals surface area contributed by atoms with Crippen molar-refractivity contribution >= 4 is 0 Å². The Balaban J connectivity index is 2.62. The lowest BCUT2D eigenvalue weighted by Crippen LogP contribution is -2.24. The Kier molecular flexibility index (Phi) is 4.61. The lowest BCUT2D eigenvalue weighted by molar-refractivity contribution is 0.0111. The van der Waals surface area contributed by atoms with Crippen molar-refractivity contribution < 1.29 is 14.6 Å². The van der Waals surface area contributed by atoms with E-state index in [0.717, 1.165) is 0 Å². The highest BCUT2D eigenvalue weighted by Gasteiger charge is 2.19. The Morgan fingerprint density at radius 2 is 2.20 bits per heavy atom. The van der Waals surface area contributed by atoms with Crippen molar-refractivity contribution in [3.05, 3.63) is 29.8 Å². The van der Waals surface area contributed by atoms with Gasteiger partial charge in [0.15, 0.2) is 0 Å². The van der Waals surface area contributed by atoms with Gasteiger partial charge in [0, 0.05) is 0 Å². The summed E-state index contributed by atoms with van der Waals surface area (Å²) in [5, 5.41) is 22.0. The van der Waals surface area contributed by atoms with Crippen LogP contribution < -0.4 is 5.32 Å². The zero-order valence-corrected chi connectivity index (χ0v) is 8.52. The molecule has 1 rings (SSSR count). The van der Waals surface area contributed by atoms with Crippen molar-refractivity contribution in [3.63, 3.8) is 0 Å². The number of aliphatic hydroxyl groups is 2. The van der Waals surface area contributed by atoms with Crippen LogP contribution in [0.15, 0.2) is 18.2 Å². The van der Waals surface area contributed by atoms with Gasteiger partial charge < -0.3 is 15.5 Å². The molecule has 0 bridgehead atoms. The molecule has 3 N–H and O–H groups in total. The van der Waals surface area contributed by atoms with Crippen molar-refractivity contribution in [1.29, 1.82) is 0 Å². The number of nitrogens with zero attached hydrogens (tertiary/aromatic N) is 1. The summed E-state index contributed by atoms with van der Waals surface area (Å²) in [4.78, 5) is 3.51. The molecule has 0 aromatic carbocycles. The number of rotatable bonds is 5. The van der Waals surface area contributed by atoms with Gasteiger partial charge in [-0.25, -0.2) is 4.98 Å². The highest BCUT2D eigenvalue weighted by molar-refractivity contribution is 5.08. The van der Waals surface area contributed by atoms with E-state index < -0.39 is 18.2 Å². The molecule has 0 radical (unpaired) electrons. The van der Waals surface area contributed by atoms with Crippen LogP contribution in [0.2, 0.25) is 0 Å². The molecule has 2 unspecified atom stereocenters. The van der Waals surface area contributed by atoms with Crippen molar-refractivity contribution in [2.24, 2.45) is 0 Å². The summed E-state index contributed by atoms with van der Waals surface area (Å²) >= 11 is 0. The second-order valence-corrected chi connectivity index (χ2v) is 3.29. The van der Waals surface area contributed by atoms with Gasteiger partial charge in [-0.15, -0.1) is 0 Å². The lowest BCUT2D eigenvalue weighted by atomic mass is 10.1. The Labute approximate surface area is 87.8 Å². The fourth-order valence-corrected chi connectivity index (χ4v) is 1.24. The smallest absolute Gasteiger partial charge is 0.213 e. The number of hydrogen-bond acceptors (Lipinski definition) is 4. The van der Waals surface area contributed by atoms with E-state index in [4.69, 9.17) is 0 Å². The van der Waals surface area contributed by atoms with Crippen LogP contribution in [0.1, 0.15) is 18.2 Å². The first-order valence-corrected chi connectivity index (χ1v) is 4.78. The standard InChI is InChI=1S/C10H15FN2O2/c1-12-6-5-8(14)10(15)7-3-2-4-9(11)13-7/h2-4,8,10,12,14-15H,5-6H2,1H3. The van der Waals surface area contributed by atoms with Crippen LogP contribution >= 0.6 is 0 Å². The molecule has 15 heavy (non-hydrogen) atoms. The Hall–Kier alpha value is -1.04. The summed E-state index contributed by atoms with van der Waals surface area (Å²) < 4.78 is 12.7. The van der Waals surface area contributed by atoms with Crippen LogP contribution in [-0.4, -0.2) is 34.9 Å². The first-order valence-electron chi connectivity index (χ1n) is 4.78. The minimum absolute atomic E-state index is 0.151. The number of pyridine rings is 1. The minimum atomic E-state index is -1.14. The summed E-state index contributed by atoms with van der Waals surface area (Å²) in [7, 11) is 1.75. The molecule has 0 spiro atoms. The topological polar surface area (TPSA) is 65.4 Å². The van der Waals surface area contributed by atoms with E-state index in [-0.39, 0.29) is 5.69 Å². The van der Waals surface area contributed by atoms with E-state index in [1.807, 2.05) is 0 Å². The van der Waals surface area contributed by atoms with Gasteiger partial charge in [-0.1, -0.05) is 6.07 Å². The second-order valence-electron chi connectivity index (χ2n) is 3.29. The van der Waals surface area contributed by atoms with Gasteiger partial charge in [-0.3, -0.25) is 0 Å². The van der Waals surface area contributed by atoms with E-state index in [1.54, 1.807) is 7.05 Å². The monoisotopic (exact) mass is 214 g/mol. The van der Waals surface area contributed by atoms with Gasteiger partial charge in [0.25, 0.3) is 0 Å². The number of hydrogen-bond donors (Lipinski definition) is 3. The molecular weight excluding hydrogens is 199 g/mol. The first kappa shape index (κ1) is 12.0. The van der Waals surface area contributed by atoms with Crippen molar-refractivity contribution in [2.75, 3.05) is 13.6 Å². The Bertz CT molecular complexity index is 309. The maximum Gasteiger partial charge on any atom is 0.213 e. The zero-order chi connectivity index (χ0) is 11.3. The number of aliphatic hydroxyl groups excluding tert-OH is 2. The molecule has 0 aliphatic heterocycles. The van der Waals surface area contributed by atoms with Crippen LogP contribution in [0.4, 0.5) is 4.39 Å². The highest BCUT2D eigenvalue weighted by atomic mass is 19.1. The summed E-state index contributed by atoms with van der Waals surface area (Å²) in [6, 6.07) is 4.12. The average molecular weight is 214 g/mol. The van der Waals surface area contributed by atoms with Gasteiger partial charge in [0.05, 0.1) is 11.8 Å². The zero-order valence-electron chi connectivity index (χ0n) is 8.52. The van der Waals surface area contributed by atoms with E-state index in [9.17, 15) is 14.6 Å². The maximum absolute atomic E-state index is 12.7. The fraction of sp³-hybridized carbons (Fsp3) is 0.500. The van der Waals surface area contributed by atoms with E-state index >= 15 is 0 Å². The molecule has 0 saturated heterocycles. The average Bonchev–Trinajstić information content (AvgIpc) is 2.24. The van der Waals surface area contributed by atoms with E-state index in [0.29, 0.717) is 13.0 Å². The highest BCUT2D eigenvalue weighted by Crippen LogP contribution is 2.16. The first-order chi connectivity index (χ1) is 7.15. The SMILES string of the molecule is CNCCC(O)C(O)c1cccc(F)n1. The molecule has 5 heteroatoms. The molecule has 1 aromatic heterocycles. The molecule has 4 nitrogen and oxygen atoms in total. The molecule has 0 amide bonds. The van der Waals surface area contributed by atoms with Crippen molar-refractivity contribution in [1.82, 2.24) is 10.3 Å². The predicted molar refractivity (Wildman–Crippen MR) is 53.7 cm³/mol. The largest absolute Gasteiger partial charge is 0.390 e. The number of halogens is 1. The quantitative estimate of drug-likeness (QED) is 0.614. The minimum Gasteiger partial charge on any atom is -0.390 e. The summed E-state index contributed by atoms with van der Waals surface area (Å²) in [6.45, 7) is 0.577. The lowest BCUT2D eigenvalue weighted by Gasteiger charge is -2.16. The van der Waals surface area contributed by atoms with Gasteiger partial charge in [-0.05, 0) is 32.1 Å². The van der Waals surface area contributed by atoms with E-state index in [1.165, 1.54) is 18.2 Å².